The fourth-order valence-corrected chi connectivity index (χ4v) is 10.8. The molecule has 2 aromatic rings. The summed E-state index contributed by atoms with van der Waals surface area (Å²) < 4.78 is 101. The van der Waals surface area contributed by atoms with E-state index in [1.807, 2.05) is 6.26 Å². The normalized spacial score (nSPS) is 28.6. The fraction of sp³-hybridized carbons (Fsp3) is 0.714. The lowest BCUT2D eigenvalue weighted by molar-refractivity contribution is -0.202. The van der Waals surface area contributed by atoms with Crippen molar-refractivity contribution in [3.63, 3.8) is 0 Å². The van der Waals surface area contributed by atoms with Gasteiger partial charge in [0.1, 0.15) is 84.3 Å². The molecule has 364 valence electrons. The number of carboxylic acid groups (broad SMARTS) is 1. The van der Waals surface area contributed by atoms with Gasteiger partial charge in [0.05, 0.1) is 12.6 Å². The summed E-state index contributed by atoms with van der Waals surface area (Å²) in [6, 6.07) is -0.907. The Balaban J connectivity index is 0.000000348. The first-order valence-electron chi connectivity index (χ1n) is 16.3. The van der Waals surface area contributed by atoms with Gasteiger partial charge in [0, 0.05) is 6.42 Å². The maximum atomic E-state index is 11.4. The summed E-state index contributed by atoms with van der Waals surface area (Å²) in [7, 11) is -36.3. The number of phosphoric acid groups is 6. The van der Waals surface area contributed by atoms with Crippen LogP contribution in [0.4, 0.5) is 5.82 Å². The third-order valence-electron chi connectivity index (χ3n) is 8.04. The minimum atomic E-state index is -6.02. The minimum Gasteiger partial charge on any atom is -0.480 e. The zero-order valence-electron chi connectivity index (χ0n) is 31.1. The van der Waals surface area contributed by atoms with E-state index in [4.69, 9.17) is 80.0 Å². The van der Waals surface area contributed by atoms with E-state index in [1.54, 1.807) is 0 Å². The number of aromatic nitrogens is 4. The first kappa shape index (κ1) is 56.0. The zero-order valence-corrected chi connectivity index (χ0v) is 37.3. The van der Waals surface area contributed by atoms with Crippen LogP contribution in [0.3, 0.4) is 0 Å². The summed E-state index contributed by atoms with van der Waals surface area (Å²) in [6.45, 7) is 0. The van der Waals surface area contributed by atoms with Crippen molar-refractivity contribution in [1.29, 1.82) is 0 Å². The molecule has 6 atom stereocenters. The van der Waals surface area contributed by atoms with Crippen LogP contribution in [-0.4, -0.2) is 178 Å². The molecule has 4 rings (SSSR count). The Labute approximate surface area is 353 Å². The fourth-order valence-electron chi connectivity index (χ4n) is 5.76. The molecule has 2 fully saturated rings. The van der Waals surface area contributed by atoms with Crippen molar-refractivity contribution < 1.29 is 138 Å². The van der Waals surface area contributed by atoms with Crippen molar-refractivity contribution in [1.82, 2.24) is 19.5 Å². The van der Waals surface area contributed by atoms with Crippen molar-refractivity contribution in [3.05, 3.63) is 12.7 Å². The molecule has 2 aromatic heterocycles. The third-order valence-corrected chi connectivity index (χ3v) is 13.0. The number of anilines is 1. The van der Waals surface area contributed by atoms with Crippen molar-refractivity contribution in [2.45, 2.75) is 73.6 Å². The highest BCUT2D eigenvalue weighted by Gasteiger charge is 2.62. The Hall–Kier alpha value is -1.33. The number of hydrogen-bond acceptors (Lipinski definition) is 21. The SMILES string of the molecule is C[S+](CC[C@H](N)C(=O)O)C[C@H]1O[C@@H](n2cnc3c(N)ncnc32)[C@H](O)[C@@H]1O.O=P(O)(O)OC1C(OP(=O)(O)O)C(OP(=O)(O)O)C(OP(=O)(O)O)C(OP(=O)(O)O)C1OP(=O)(O)O. The van der Waals surface area contributed by atoms with E-state index in [9.17, 15) is 42.4 Å². The van der Waals surface area contributed by atoms with Gasteiger partial charge in [-0.2, -0.15) is 0 Å². The number of phosphoric ester groups is 6. The number of nitrogens with zero attached hydrogens (tertiary/aromatic N) is 4. The summed E-state index contributed by atoms with van der Waals surface area (Å²) >= 11 is 0. The molecule has 0 aromatic carbocycles. The molecule has 3 heterocycles. The lowest BCUT2D eigenvalue weighted by Crippen LogP contribution is -2.66. The van der Waals surface area contributed by atoms with E-state index in [-0.39, 0.29) is 16.7 Å². The second-order valence-electron chi connectivity index (χ2n) is 12.9. The van der Waals surface area contributed by atoms with Gasteiger partial charge in [-0.1, -0.05) is 0 Å². The molecule has 2 aliphatic rings. The molecular weight excluding hydrogens is 1020 g/mol. The van der Waals surface area contributed by atoms with Gasteiger partial charge >= 0.3 is 52.9 Å². The average Bonchev–Trinajstić information content (AvgIpc) is 3.63. The predicted molar refractivity (Wildman–Crippen MR) is 200 cm³/mol. The monoisotopic (exact) mass is 1060 g/mol. The molecule has 0 radical (unpaired) electrons. The minimum absolute atomic E-state index is 0.216. The van der Waals surface area contributed by atoms with Crippen LogP contribution in [0.25, 0.3) is 11.2 Å². The molecule has 0 amide bonds. The molecule has 1 saturated carbocycles. The van der Waals surface area contributed by atoms with Crippen molar-refractivity contribution in [2.24, 2.45) is 5.73 Å². The molecule has 63 heavy (non-hydrogen) atoms. The molecule has 1 aliphatic carbocycles. The molecule has 42 heteroatoms. The average molecular weight is 1060 g/mol. The van der Waals surface area contributed by atoms with E-state index in [1.165, 1.54) is 17.2 Å². The first-order chi connectivity index (χ1) is 28.4. The topological polar surface area (TPSA) is 583 Å². The highest BCUT2D eigenvalue weighted by molar-refractivity contribution is 7.96. The summed E-state index contributed by atoms with van der Waals surface area (Å²) in [6.07, 6.45) is -17.5. The number of nitrogens with two attached hydrogens (primary N) is 2. The van der Waals surface area contributed by atoms with Gasteiger partial charge in [-0.3, -0.25) is 36.5 Å². The van der Waals surface area contributed by atoms with Crippen LogP contribution in [0.2, 0.25) is 0 Å². The number of ether oxygens (including phenoxy) is 1. The number of imidazole rings is 1. The number of rotatable bonds is 19. The summed E-state index contributed by atoms with van der Waals surface area (Å²) in [5, 5.41) is 29.7. The molecule has 1 unspecified atom stereocenters. The first-order valence-corrected chi connectivity index (χ1v) is 27.5. The smallest absolute Gasteiger partial charge is 0.470 e. The summed E-state index contributed by atoms with van der Waals surface area (Å²) in [4.78, 5) is 133. The van der Waals surface area contributed by atoms with Gasteiger partial charge < -0.3 is 90.2 Å². The second-order valence-corrected chi connectivity index (χ2v) is 22.3. The Bertz CT molecular complexity index is 1960. The quantitative estimate of drug-likeness (QED) is 0.0462. The van der Waals surface area contributed by atoms with Crippen molar-refractivity contribution in [3.8, 4) is 0 Å². The third kappa shape index (κ3) is 17.7. The standard InChI is InChI=1S/C15H22N6O5S.C6H18O24P6/c1-27(3-2-7(16)15(24)25)4-8-10(22)11(23)14(26-8)21-6-20-9-12(17)18-5-19-13(9)21;7-31(8,9)25-1-2(26-32(10,11)12)4(28-34(16,17)18)6(30-36(22,23)24)5(29-35(19,20)21)3(1)27-33(13,14)15/h5-8,10-11,14,22-23H,2-4,16H2,1H3,(H2-,17,18,19,24,25);1-6H,(H2,7,8,9)(H2,10,11,12)(H2,13,14,15)(H2,16,17,18)(H2,19,20,21)(H2,22,23,24)/p+1/t7-,8+,10+,11+,14+,27?;/m0./s1. The van der Waals surface area contributed by atoms with E-state index in [2.05, 4.69) is 42.1 Å². The van der Waals surface area contributed by atoms with Gasteiger partial charge in [-0.25, -0.2) is 42.3 Å². The van der Waals surface area contributed by atoms with E-state index in [0.29, 0.717) is 29.1 Å². The second kappa shape index (κ2) is 21.3. The predicted octanol–water partition coefficient (Wildman–Crippen LogP) is -5.05. The maximum Gasteiger partial charge on any atom is 0.470 e. The molecule has 19 N–H and O–H groups in total. The molecule has 0 spiro atoms. The molecule has 35 nitrogen and oxygen atoms in total. The number of carbonyl (C=O) groups is 1. The Morgan fingerprint density at radius 1 is 0.698 bits per heavy atom. The number of nitrogen functional groups attached to an aromatic ring is 1. The Morgan fingerprint density at radius 3 is 1.40 bits per heavy atom. The van der Waals surface area contributed by atoms with Crippen LogP contribution in [0, 0.1) is 0 Å². The zero-order chi connectivity index (χ0) is 48.4. The Morgan fingerprint density at radius 2 is 1.06 bits per heavy atom. The number of aliphatic carboxylic acids is 1. The summed E-state index contributed by atoms with van der Waals surface area (Å²) in [5.74, 6) is 0.254. The maximum absolute atomic E-state index is 11.4. The molecule has 1 aliphatic heterocycles. The van der Waals surface area contributed by atoms with E-state index < -0.39 is 120 Å². The van der Waals surface area contributed by atoms with Gasteiger partial charge in [-0.15, -0.1) is 0 Å². The highest BCUT2D eigenvalue weighted by Crippen LogP contribution is 2.57. The van der Waals surface area contributed by atoms with E-state index in [0.717, 1.165) is 0 Å². The van der Waals surface area contributed by atoms with Crippen molar-refractivity contribution >= 4 is 80.8 Å². The molecule has 1 saturated heterocycles. The lowest BCUT2D eigenvalue weighted by atomic mass is 9.85. The van der Waals surface area contributed by atoms with Crippen LogP contribution in [0.15, 0.2) is 12.7 Å². The number of fused-ring (bicyclic) bond motifs is 1. The molecular formula is C21H41N6O29P6S+. The van der Waals surface area contributed by atoms with Gasteiger partial charge in [0.2, 0.25) is 0 Å². The van der Waals surface area contributed by atoms with Crippen LogP contribution < -0.4 is 11.5 Å². The van der Waals surface area contributed by atoms with Crippen LogP contribution in [0.5, 0.6) is 0 Å². The van der Waals surface area contributed by atoms with Gasteiger partial charge in [0.15, 0.2) is 17.7 Å². The van der Waals surface area contributed by atoms with Crippen LogP contribution in [-0.2, 0) is 75.0 Å². The van der Waals surface area contributed by atoms with Gasteiger partial charge in [0.25, 0.3) is 0 Å². The van der Waals surface area contributed by atoms with E-state index >= 15 is 0 Å². The van der Waals surface area contributed by atoms with Crippen LogP contribution in [0.1, 0.15) is 12.6 Å². The lowest BCUT2D eigenvalue weighted by Gasteiger charge is -2.48. The number of aliphatic hydroxyl groups is 2. The summed E-state index contributed by atoms with van der Waals surface area (Å²) in [5.41, 5.74) is 12.1. The Kier molecular flexibility index (Phi) is 18.9. The largest absolute Gasteiger partial charge is 0.480 e. The van der Waals surface area contributed by atoms with Gasteiger partial charge in [-0.05, 0) is 10.9 Å². The van der Waals surface area contributed by atoms with Crippen molar-refractivity contribution in [2.75, 3.05) is 23.5 Å². The number of carboxylic acids is 1. The number of hydrogen-bond donors (Lipinski definition) is 17. The molecule has 0 bridgehead atoms. The van der Waals surface area contributed by atoms with Crippen LogP contribution >= 0.6 is 46.9 Å². The highest BCUT2D eigenvalue weighted by atomic mass is 32.2. The number of aliphatic hydroxyl groups excluding tert-OH is 2.